The molecule has 0 radical (unpaired) electrons. The lowest BCUT2D eigenvalue weighted by Crippen LogP contribution is -2.52. The van der Waals surface area contributed by atoms with Gasteiger partial charge in [-0.1, -0.05) is 19.1 Å². The van der Waals surface area contributed by atoms with E-state index in [4.69, 9.17) is 0 Å². The SMILES string of the molecule is CCNC(C)(C)C(=O)NCc1cccc(C(F)(F)F)c1. The zero-order valence-electron chi connectivity index (χ0n) is 11.8. The zero-order chi connectivity index (χ0) is 15.4. The zero-order valence-corrected chi connectivity index (χ0v) is 11.8. The second-order valence-electron chi connectivity index (χ2n) is 5.04. The van der Waals surface area contributed by atoms with Gasteiger partial charge < -0.3 is 10.6 Å². The van der Waals surface area contributed by atoms with Crippen LogP contribution in [-0.2, 0) is 17.5 Å². The number of halogens is 3. The molecule has 0 atom stereocenters. The molecule has 0 aromatic heterocycles. The van der Waals surface area contributed by atoms with Crippen molar-refractivity contribution < 1.29 is 18.0 Å². The Morgan fingerprint density at radius 3 is 2.45 bits per heavy atom. The molecular weight excluding hydrogens is 269 g/mol. The first kappa shape index (κ1) is 16.5. The van der Waals surface area contributed by atoms with E-state index < -0.39 is 17.3 Å². The Balaban J connectivity index is 2.69. The lowest BCUT2D eigenvalue weighted by atomic mass is 10.0. The van der Waals surface area contributed by atoms with Crippen molar-refractivity contribution in [1.29, 1.82) is 0 Å². The molecule has 1 rings (SSSR count). The van der Waals surface area contributed by atoms with Crippen molar-refractivity contribution in [3.63, 3.8) is 0 Å². The highest BCUT2D eigenvalue weighted by Crippen LogP contribution is 2.29. The average molecular weight is 288 g/mol. The van der Waals surface area contributed by atoms with Crippen LogP contribution in [0, 0.1) is 0 Å². The summed E-state index contributed by atoms with van der Waals surface area (Å²) in [7, 11) is 0. The highest BCUT2D eigenvalue weighted by atomic mass is 19.4. The Labute approximate surface area is 116 Å². The number of nitrogens with one attached hydrogen (secondary N) is 2. The summed E-state index contributed by atoms with van der Waals surface area (Å²) in [6.45, 7) is 6.01. The normalized spacial score (nSPS) is 12.3. The molecule has 20 heavy (non-hydrogen) atoms. The lowest BCUT2D eigenvalue weighted by Gasteiger charge is -2.24. The first-order chi connectivity index (χ1) is 9.16. The Morgan fingerprint density at radius 1 is 1.25 bits per heavy atom. The maximum Gasteiger partial charge on any atom is 0.416 e. The minimum atomic E-state index is -4.37. The highest BCUT2D eigenvalue weighted by Gasteiger charge is 2.30. The quantitative estimate of drug-likeness (QED) is 0.874. The van der Waals surface area contributed by atoms with Gasteiger partial charge in [0.2, 0.25) is 5.91 Å². The summed E-state index contributed by atoms with van der Waals surface area (Å²) >= 11 is 0. The van der Waals surface area contributed by atoms with Gasteiger partial charge in [0, 0.05) is 6.54 Å². The first-order valence-electron chi connectivity index (χ1n) is 6.36. The minimum absolute atomic E-state index is 0.0670. The molecule has 0 heterocycles. The molecule has 1 amide bonds. The molecule has 0 bridgehead atoms. The van der Waals surface area contributed by atoms with Crippen LogP contribution >= 0.6 is 0 Å². The van der Waals surface area contributed by atoms with Crippen molar-refractivity contribution in [3.8, 4) is 0 Å². The third-order valence-corrected chi connectivity index (χ3v) is 2.89. The van der Waals surface area contributed by atoms with Gasteiger partial charge in [-0.25, -0.2) is 0 Å². The number of likely N-dealkylation sites (N-methyl/N-ethyl adjacent to an activating group) is 1. The molecule has 0 aliphatic carbocycles. The molecule has 0 fully saturated rings. The largest absolute Gasteiger partial charge is 0.416 e. The molecule has 0 saturated heterocycles. The fourth-order valence-electron chi connectivity index (χ4n) is 1.78. The molecule has 3 nitrogen and oxygen atoms in total. The van der Waals surface area contributed by atoms with Crippen molar-refractivity contribution in [1.82, 2.24) is 10.6 Å². The van der Waals surface area contributed by atoms with Crippen LogP contribution in [0.3, 0.4) is 0 Å². The van der Waals surface area contributed by atoms with Crippen LogP contribution in [0.15, 0.2) is 24.3 Å². The number of hydrogen-bond donors (Lipinski definition) is 2. The van der Waals surface area contributed by atoms with Crippen molar-refractivity contribution in [2.45, 2.75) is 39.0 Å². The van der Waals surface area contributed by atoms with Crippen molar-refractivity contribution in [2.24, 2.45) is 0 Å². The second kappa shape index (κ2) is 6.26. The predicted molar refractivity (Wildman–Crippen MR) is 71.0 cm³/mol. The summed E-state index contributed by atoms with van der Waals surface area (Å²) < 4.78 is 37.7. The van der Waals surface area contributed by atoms with Gasteiger partial charge in [-0.15, -0.1) is 0 Å². The van der Waals surface area contributed by atoms with E-state index >= 15 is 0 Å². The van der Waals surface area contributed by atoms with Crippen LogP contribution in [0.5, 0.6) is 0 Å². The van der Waals surface area contributed by atoms with Crippen molar-refractivity contribution in [2.75, 3.05) is 6.54 Å². The molecule has 0 aliphatic heterocycles. The number of benzene rings is 1. The number of hydrogen-bond acceptors (Lipinski definition) is 2. The summed E-state index contributed by atoms with van der Waals surface area (Å²) in [6, 6.07) is 4.93. The Hall–Kier alpha value is -1.56. The Kier molecular flexibility index (Phi) is 5.16. The number of carbonyl (C=O) groups excluding carboxylic acids is 1. The summed E-state index contributed by atoms with van der Waals surface area (Å²) in [6.07, 6.45) is -4.37. The number of alkyl halides is 3. The molecule has 0 saturated carbocycles. The first-order valence-corrected chi connectivity index (χ1v) is 6.36. The van der Waals surface area contributed by atoms with Gasteiger partial charge in [0.05, 0.1) is 11.1 Å². The van der Waals surface area contributed by atoms with Gasteiger partial charge in [0.25, 0.3) is 0 Å². The van der Waals surface area contributed by atoms with E-state index in [2.05, 4.69) is 10.6 Å². The van der Waals surface area contributed by atoms with Gasteiger partial charge in [0.1, 0.15) is 0 Å². The third kappa shape index (κ3) is 4.52. The van der Waals surface area contributed by atoms with E-state index in [1.165, 1.54) is 6.07 Å². The summed E-state index contributed by atoms with van der Waals surface area (Å²) in [5.74, 6) is -0.253. The van der Waals surface area contributed by atoms with Crippen LogP contribution in [0.25, 0.3) is 0 Å². The number of carbonyl (C=O) groups is 1. The van der Waals surface area contributed by atoms with E-state index in [0.717, 1.165) is 12.1 Å². The highest BCUT2D eigenvalue weighted by molar-refractivity contribution is 5.85. The van der Waals surface area contributed by atoms with Gasteiger partial charge in [-0.05, 0) is 38.1 Å². The molecule has 0 unspecified atom stereocenters. The van der Waals surface area contributed by atoms with Crippen LogP contribution in [0.4, 0.5) is 13.2 Å². The van der Waals surface area contributed by atoms with Crippen LogP contribution < -0.4 is 10.6 Å². The average Bonchev–Trinajstić information content (AvgIpc) is 2.35. The van der Waals surface area contributed by atoms with Gasteiger partial charge in [-0.3, -0.25) is 4.79 Å². The van der Waals surface area contributed by atoms with E-state index in [9.17, 15) is 18.0 Å². The second-order valence-corrected chi connectivity index (χ2v) is 5.04. The minimum Gasteiger partial charge on any atom is -0.350 e. The smallest absolute Gasteiger partial charge is 0.350 e. The number of amides is 1. The van der Waals surface area contributed by atoms with Gasteiger partial charge in [0.15, 0.2) is 0 Å². The topological polar surface area (TPSA) is 41.1 Å². The fourth-order valence-corrected chi connectivity index (χ4v) is 1.78. The molecular formula is C14H19F3N2O. The van der Waals surface area contributed by atoms with Crippen LogP contribution in [-0.4, -0.2) is 18.0 Å². The molecule has 6 heteroatoms. The Bertz CT molecular complexity index is 470. The van der Waals surface area contributed by atoms with E-state index in [1.54, 1.807) is 19.9 Å². The summed E-state index contributed by atoms with van der Waals surface area (Å²) in [5, 5.41) is 5.64. The van der Waals surface area contributed by atoms with Crippen LogP contribution in [0.1, 0.15) is 31.9 Å². The van der Waals surface area contributed by atoms with Gasteiger partial charge in [-0.2, -0.15) is 13.2 Å². The van der Waals surface area contributed by atoms with Gasteiger partial charge >= 0.3 is 6.18 Å². The number of rotatable bonds is 5. The predicted octanol–water partition coefficient (Wildman–Crippen LogP) is 2.71. The van der Waals surface area contributed by atoms with E-state index in [1.807, 2.05) is 6.92 Å². The summed E-state index contributed by atoms with van der Waals surface area (Å²) in [4.78, 5) is 11.9. The summed E-state index contributed by atoms with van der Waals surface area (Å²) in [5.41, 5.74) is -1.05. The molecule has 1 aromatic rings. The van der Waals surface area contributed by atoms with E-state index in [-0.39, 0.29) is 12.5 Å². The lowest BCUT2D eigenvalue weighted by molar-refractivity contribution is -0.137. The maximum atomic E-state index is 12.6. The fraction of sp³-hybridized carbons (Fsp3) is 0.500. The monoisotopic (exact) mass is 288 g/mol. The van der Waals surface area contributed by atoms with Crippen LogP contribution in [0.2, 0.25) is 0 Å². The van der Waals surface area contributed by atoms with Crippen molar-refractivity contribution in [3.05, 3.63) is 35.4 Å². The molecule has 112 valence electrons. The standard InChI is InChI=1S/C14H19F3N2O/c1-4-19-13(2,3)12(20)18-9-10-6-5-7-11(8-10)14(15,16)17/h5-8,19H,4,9H2,1-3H3,(H,18,20). The Morgan fingerprint density at radius 2 is 1.90 bits per heavy atom. The molecule has 0 aliphatic rings. The molecule has 1 aromatic carbocycles. The molecule has 2 N–H and O–H groups in total. The van der Waals surface area contributed by atoms with Crippen molar-refractivity contribution >= 4 is 5.91 Å². The molecule has 0 spiro atoms. The van der Waals surface area contributed by atoms with E-state index in [0.29, 0.717) is 12.1 Å². The third-order valence-electron chi connectivity index (χ3n) is 2.89. The maximum absolute atomic E-state index is 12.6.